The van der Waals surface area contributed by atoms with Crippen molar-refractivity contribution >= 4 is 12.6 Å². The number of rotatable bonds is 8. The van der Waals surface area contributed by atoms with Gasteiger partial charge in [0.15, 0.2) is 0 Å². The molecule has 114 valence electrons. The molecule has 0 bridgehead atoms. The zero-order valence-electron chi connectivity index (χ0n) is 13.8. The summed E-state index contributed by atoms with van der Waals surface area (Å²) in [4.78, 5) is 0. The highest BCUT2D eigenvalue weighted by Crippen LogP contribution is 2.34. The van der Waals surface area contributed by atoms with E-state index < -0.39 is 0 Å². The van der Waals surface area contributed by atoms with Crippen LogP contribution >= 0.6 is 12.6 Å². The molecule has 0 N–H and O–H groups in total. The van der Waals surface area contributed by atoms with E-state index in [1.807, 2.05) is 0 Å². The molecule has 0 saturated heterocycles. The quantitative estimate of drug-likeness (QED) is 0.622. The van der Waals surface area contributed by atoms with Crippen LogP contribution in [0.3, 0.4) is 0 Å². The van der Waals surface area contributed by atoms with Crippen molar-refractivity contribution in [3.63, 3.8) is 0 Å². The molecular formula is C18H30OS. The van der Waals surface area contributed by atoms with Crippen molar-refractivity contribution in [3.8, 4) is 5.75 Å². The van der Waals surface area contributed by atoms with Crippen LogP contribution in [0.2, 0.25) is 0 Å². The standard InChI is InChI=1S/C18H30OS/c1-6-8-18(13-20,9-7-2)12-19-17-15(4)10-14(3)11-16(17)5/h10-11,20H,6-9,12-13H2,1-5H3. The molecule has 0 aliphatic rings. The van der Waals surface area contributed by atoms with Gasteiger partial charge in [0.05, 0.1) is 6.61 Å². The fraction of sp³-hybridized carbons (Fsp3) is 0.667. The van der Waals surface area contributed by atoms with E-state index in [-0.39, 0.29) is 5.41 Å². The minimum atomic E-state index is 0.219. The number of thiol groups is 1. The number of hydrogen-bond acceptors (Lipinski definition) is 2. The van der Waals surface area contributed by atoms with Gasteiger partial charge in [-0.25, -0.2) is 0 Å². The summed E-state index contributed by atoms with van der Waals surface area (Å²) in [6.45, 7) is 11.7. The van der Waals surface area contributed by atoms with Crippen LogP contribution in [0.25, 0.3) is 0 Å². The van der Waals surface area contributed by atoms with Crippen molar-refractivity contribution in [2.45, 2.75) is 60.3 Å². The van der Waals surface area contributed by atoms with Gasteiger partial charge in [-0.05, 0) is 50.5 Å². The number of hydrogen-bond donors (Lipinski definition) is 1. The summed E-state index contributed by atoms with van der Waals surface area (Å²) in [5.74, 6) is 1.97. The van der Waals surface area contributed by atoms with Gasteiger partial charge >= 0.3 is 0 Å². The lowest BCUT2D eigenvalue weighted by molar-refractivity contribution is 0.142. The van der Waals surface area contributed by atoms with Crippen LogP contribution in [-0.2, 0) is 0 Å². The van der Waals surface area contributed by atoms with E-state index in [0.717, 1.165) is 18.1 Å². The highest BCUT2D eigenvalue weighted by atomic mass is 32.1. The molecule has 1 aromatic rings. The van der Waals surface area contributed by atoms with E-state index in [2.05, 4.69) is 59.4 Å². The predicted molar refractivity (Wildman–Crippen MR) is 92.3 cm³/mol. The first-order valence-corrected chi connectivity index (χ1v) is 8.42. The Hall–Kier alpha value is -0.630. The minimum Gasteiger partial charge on any atom is -0.492 e. The highest BCUT2D eigenvalue weighted by molar-refractivity contribution is 7.80. The molecular weight excluding hydrogens is 264 g/mol. The average Bonchev–Trinajstić information content (AvgIpc) is 2.37. The van der Waals surface area contributed by atoms with Gasteiger partial charge in [-0.3, -0.25) is 0 Å². The maximum atomic E-state index is 6.24. The zero-order chi connectivity index (χ0) is 15.2. The summed E-state index contributed by atoms with van der Waals surface area (Å²) in [5.41, 5.74) is 4.00. The van der Waals surface area contributed by atoms with E-state index >= 15 is 0 Å². The van der Waals surface area contributed by atoms with E-state index in [4.69, 9.17) is 4.74 Å². The smallest absolute Gasteiger partial charge is 0.125 e. The second kappa shape index (κ2) is 7.97. The van der Waals surface area contributed by atoms with Crippen LogP contribution in [0.15, 0.2) is 12.1 Å². The lowest BCUT2D eigenvalue weighted by Crippen LogP contribution is -2.31. The number of aryl methyl sites for hydroxylation is 3. The Labute approximate surface area is 130 Å². The predicted octanol–water partition coefficient (Wildman–Crippen LogP) is 5.51. The monoisotopic (exact) mass is 294 g/mol. The van der Waals surface area contributed by atoms with E-state index in [1.165, 1.54) is 42.4 Å². The molecule has 0 saturated carbocycles. The van der Waals surface area contributed by atoms with Crippen molar-refractivity contribution in [1.82, 2.24) is 0 Å². The van der Waals surface area contributed by atoms with Crippen LogP contribution < -0.4 is 4.74 Å². The molecule has 0 heterocycles. The van der Waals surface area contributed by atoms with Gasteiger partial charge in [0.1, 0.15) is 5.75 Å². The first-order valence-electron chi connectivity index (χ1n) is 7.79. The average molecular weight is 295 g/mol. The normalized spacial score (nSPS) is 11.7. The molecule has 0 unspecified atom stereocenters. The van der Waals surface area contributed by atoms with Gasteiger partial charge in [0, 0.05) is 5.41 Å². The third kappa shape index (κ3) is 4.44. The topological polar surface area (TPSA) is 9.23 Å². The lowest BCUT2D eigenvalue weighted by atomic mass is 9.82. The molecule has 0 atom stereocenters. The zero-order valence-corrected chi connectivity index (χ0v) is 14.6. The molecule has 0 aromatic heterocycles. The first kappa shape index (κ1) is 17.4. The Morgan fingerprint density at radius 2 is 1.50 bits per heavy atom. The number of benzene rings is 1. The van der Waals surface area contributed by atoms with Gasteiger partial charge in [-0.1, -0.05) is 44.4 Å². The third-order valence-electron chi connectivity index (χ3n) is 4.02. The summed E-state index contributed by atoms with van der Waals surface area (Å²) >= 11 is 4.60. The van der Waals surface area contributed by atoms with Crippen LogP contribution in [0.5, 0.6) is 5.75 Å². The second-order valence-corrected chi connectivity index (χ2v) is 6.49. The Morgan fingerprint density at radius 1 is 1.00 bits per heavy atom. The van der Waals surface area contributed by atoms with Gasteiger partial charge in [-0.2, -0.15) is 12.6 Å². The maximum absolute atomic E-state index is 6.24. The Balaban J connectivity index is 2.87. The fourth-order valence-corrected chi connectivity index (χ4v) is 3.56. The molecule has 1 nitrogen and oxygen atoms in total. The Morgan fingerprint density at radius 3 is 1.90 bits per heavy atom. The molecule has 0 amide bonds. The van der Waals surface area contributed by atoms with Crippen molar-refractivity contribution < 1.29 is 4.74 Å². The molecule has 0 spiro atoms. The highest BCUT2D eigenvalue weighted by Gasteiger charge is 2.28. The molecule has 0 fully saturated rings. The lowest BCUT2D eigenvalue weighted by Gasteiger charge is -2.32. The summed E-state index contributed by atoms with van der Waals surface area (Å²) < 4.78 is 6.24. The van der Waals surface area contributed by atoms with Crippen molar-refractivity contribution in [3.05, 3.63) is 28.8 Å². The van der Waals surface area contributed by atoms with E-state index in [0.29, 0.717) is 0 Å². The SMILES string of the molecule is CCCC(CS)(CCC)COc1c(C)cc(C)cc1C. The number of ether oxygens (including phenoxy) is 1. The molecule has 0 aliphatic carbocycles. The van der Waals surface area contributed by atoms with Crippen LogP contribution in [0, 0.1) is 26.2 Å². The Bertz CT molecular complexity index is 396. The van der Waals surface area contributed by atoms with E-state index in [9.17, 15) is 0 Å². The van der Waals surface area contributed by atoms with E-state index in [1.54, 1.807) is 0 Å². The largest absolute Gasteiger partial charge is 0.492 e. The third-order valence-corrected chi connectivity index (χ3v) is 4.69. The maximum Gasteiger partial charge on any atom is 0.125 e. The molecule has 2 heteroatoms. The summed E-state index contributed by atoms with van der Waals surface area (Å²) in [6.07, 6.45) is 4.76. The van der Waals surface area contributed by atoms with Crippen molar-refractivity contribution in [2.75, 3.05) is 12.4 Å². The van der Waals surface area contributed by atoms with Gasteiger partial charge in [0.25, 0.3) is 0 Å². The van der Waals surface area contributed by atoms with Gasteiger partial charge in [-0.15, -0.1) is 0 Å². The Kier molecular flexibility index (Phi) is 6.94. The summed E-state index contributed by atoms with van der Waals surface area (Å²) in [7, 11) is 0. The van der Waals surface area contributed by atoms with Crippen molar-refractivity contribution in [2.24, 2.45) is 5.41 Å². The van der Waals surface area contributed by atoms with Crippen LogP contribution in [0.1, 0.15) is 56.2 Å². The van der Waals surface area contributed by atoms with Gasteiger partial charge in [0.2, 0.25) is 0 Å². The van der Waals surface area contributed by atoms with Gasteiger partial charge < -0.3 is 4.74 Å². The first-order chi connectivity index (χ1) is 9.48. The second-order valence-electron chi connectivity index (χ2n) is 6.17. The van der Waals surface area contributed by atoms with Crippen LogP contribution in [0.4, 0.5) is 0 Å². The molecule has 0 aliphatic heterocycles. The fourth-order valence-electron chi connectivity index (χ4n) is 3.15. The van der Waals surface area contributed by atoms with Crippen molar-refractivity contribution in [1.29, 1.82) is 0 Å². The summed E-state index contributed by atoms with van der Waals surface area (Å²) in [6, 6.07) is 4.40. The summed E-state index contributed by atoms with van der Waals surface area (Å²) in [5, 5.41) is 0. The molecule has 1 rings (SSSR count). The molecule has 1 aromatic carbocycles. The molecule has 20 heavy (non-hydrogen) atoms. The van der Waals surface area contributed by atoms with Crippen LogP contribution in [-0.4, -0.2) is 12.4 Å². The molecule has 0 radical (unpaired) electrons. The minimum absolute atomic E-state index is 0.219.